The second-order valence-electron chi connectivity index (χ2n) is 12.4. The average molecular weight is 505 g/mol. The van der Waals surface area contributed by atoms with Gasteiger partial charge in [-0.15, -0.1) is 6.58 Å². The fourth-order valence-electron chi connectivity index (χ4n) is 7.35. The molecular formula is C29H44O7. The Morgan fingerprint density at radius 2 is 1.94 bits per heavy atom. The topological polar surface area (TPSA) is 91.3 Å². The third kappa shape index (κ3) is 5.16. The van der Waals surface area contributed by atoms with Gasteiger partial charge in [-0.05, 0) is 61.2 Å². The van der Waals surface area contributed by atoms with Gasteiger partial charge in [0.25, 0.3) is 0 Å². The summed E-state index contributed by atoms with van der Waals surface area (Å²) >= 11 is 0. The lowest BCUT2D eigenvalue weighted by Gasteiger charge is -2.58. The van der Waals surface area contributed by atoms with Crippen molar-refractivity contribution >= 4 is 11.9 Å². The first kappa shape index (κ1) is 27.3. The molecule has 1 N–H and O–H groups in total. The zero-order chi connectivity index (χ0) is 26.3. The number of hydrogen-bond acceptors (Lipinski definition) is 7. The molecule has 3 aliphatic carbocycles. The molecule has 36 heavy (non-hydrogen) atoms. The van der Waals surface area contributed by atoms with E-state index in [1.54, 1.807) is 0 Å². The lowest BCUT2D eigenvalue weighted by molar-refractivity contribution is -0.187. The monoisotopic (exact) mass is 504 g/mol. The van der Waals surface area contributed by atoms with Gasteiger partial charge in [0.1, 0.15) is 18.8 Å². The van der Waals surface area contributed by atoms with Crippen LogP contribution in [0.4, 0.5) is 0 Å². The molecule has 7 heteroatoms. The Bertz CT molecular complexity index is 898. The van der Waals surface area contributed by atoms with Crippen molar-refractivity contribution in [1.82, 2.24) is 0 Å². The van der Waals surface area contributed by atoms with E-state index in [0.29, 0.717) is 18.4 Å². The largest absolute Gasteiger partial charge is 0.463 e. The molecule has 1 saturated heterocycles. The second kappa shape index (κ2) is 10.2. The molecule has 3 fully saturated rings. The normalized spacial score (nSPS) is 44.1. The molecule has 202 valence electrons. The Morgan fingerprint density at radius 1 is 1.19 bits per heavy atom. The van der Waals surface area contributed by atoms with Gasteiger partial charge in [-0.2, -0.15) is 0 Å². The molecule has 9 atom stereocenters. The van der Waals surface area contributed by atoms with E-state index in [-0.39, 0.29) is 22.9 Å². The van der Waals surface area contributed by atoms with Crippen molar-refractivity contribution < 1.29 is 33.6 Å². The van der Waals surface area contributed by atoms with Gasteiger partial charge in [0.15, 0.2) is 12.4 Å². The van der Waals surface area contributed by atoms with Crippen LogP contribution in [0, 0.1) is 28.1 Å². The minimum absolute atomic E-state index is 0.113. The molecule has 9 unspecified atom stereocenters. The number of aliphatic hydroxyl groups excluding tert-OH is 1. The minimum Gasteiger partial charge on any atom is -0.463 e. The summed E-state index contributed by atoms with van der Waals surface area (Å²) in [6.07, 6.45) is 8.85. The molecule has 4 aliphatic rings. The number of rotatable bonds is 7. The van der Waals surface area contributed by atoms with Crippen molar-refractivity contribution in [2.75, 3.05) is 13.2 Å². The zero-order valence-corrected chi connectivity index (χ0v) is 22.6. The summed E-state index contributed by atoms with van der Waals surface area (Å²) in [6, 6.07) is 0. The lowest BCUT2D eigenvalue weighted by atomic mass is 9.47. The maximum absolute atomic E-state index is 11.6. The van der Waals surface area contributed by atoms with E-state index in [1.807, 2.05) is 0 Å². The summed E-state index contributed by atoms with van der Waals surface area (Å²) in [5, 5.41) is 10.9. The van der Waals surface area contributed by atoms with E-state index >= 15 is 0 Å². The molecule has 0 bridgehead atoms. The summed E-state index contributed by atoms with van der Waals surface area (Å²) < 4.78 is 22.5. The zero-order valence-electron chi connectivity index (χ0n) is 22.6. The van der Waals surface area contributed by atoms with Gasteiger partial charge in [0, 0.05) is 19.3 Å². The van der Waals surface area contributed by atoms with Crippen molar-refractivity contribution in [3.05, 3.63) is 24.3 Å². The second-order valence-corrected chi connectivity index (χ2v) is 12.4. The highest BCUT2D eigenvalue weighted by Crippen LogP contribution is 2.63. The Hall–Kier alpha value is -1.70. The summed E-state index contributed by atoms with van der Waals surface area (Å²) in [7, 11) is 0. The van der Waals surface area contributed by atoms with E-state index < -0.39 is 36.5 Å². The molecule has 0 amide bonds. The van der Waals surface area contributed by atoms with Crippen LogP contribution in [0.25, 0.3) is 0 Å². The Kier molecular flexibility index (Phi) is 7.76. The van der Waals surface area contributed by atoms with E-state index in [2.05, 4.69) is 39.5 Å². The maximum atomic E-state index is 11.6. The Morgan fingerprint density at radius 3 is 2.61 bits per heavy atom. The highest BCUT2D eigenvalue weighted by molar-refractivity contribution is 5.66. The van der Waals surface area contributed by atoms with E-state index in [0.717, 1.165) is 19.3 Å². The molecule has 0 aromatic heterocycles. The van der Waals surface area contributed by atoms with Gasteiger partial charge in [0.2, 0.25) is 0 Å². The molecule has 0 aromatic rings. The molecule has 4 rings (SSSR count). The summed E-state index contributed by atoms with van der Waals surface area (Å²) in [5.41, 5.74) is 1.86. The number of carbonyl (C=O) groups is 2. The summed E-state index contributed by atoms with van der Waals surface area (Å²) in [4.78, 5) is 22.9. The van der Waals surface area contributed by atoms with E-state index in [4.69, 9.17) is 18.9 Å². The predicted octanol–water partition coefficient (Wildman–Crippen LogP) is 4.72. The van der Waals surface area contributed by atoms with Gasteiger partial charge in [0.05, 0.1) is 6.61 Å². The van der Waals surface area contributed by atoms with Crippen LogP contribution in [-0.2, 0) is 28.5 Å². The fraction of sp³-hybridized carbons (Fsp3) is 0.793. The predicted molar refractivity (Wildman–Crippen MR) is 135 cm³/mol. The van der Waals surface area contributed by atoms with E-state index in [9.17, 15) is 14.7 Å². The third-order valence-electron chi connectivity index (χ3n) is 9.69. The van der Waals surface area contributed by atoms with Crippen LogP contribution in [0.3, 0.4) is 0 Å². The molecule has 0 radical (unpaired) electrons. The first-order valence-corrected chi connectivity index (χ1v) is 13.5. The molecule has 1 aliphatic heterocycles. The number of aliphatic hydroxyl groups is 1. The Labute approximate surface area is 215 Å². The first-order chi connectivity index (χ1) is 16.9. The maximum Gasteiger partial charge on any atom is 0.303 e. The standard InChI is InChI=1S/C29H44O7/c1-7-27(4)13-14-29(6)20(15-27)10-11-21-22(29)9-8-12-28(21,5)17-34-26-24(32)25(35-19(3)31)23(36-26)16-33-18(2)30/h7,11,20,22-26,32H,1,8-10,12-17H2,2-6H3. The molecular weight excluding hydrogens is 460 g/mol. The Balaban J connectivity index is 1.47. The van der Waals surface area contributed by atoms with Gasteiger partial charge >= 0.3 is 11.9 Å². The van der Waals surface area contributed by atoms with Crippen LogP contribution in [0.5, 0.6) is 0 Å². The molecule has 1 heterocycles. The van der Waals surface area contributed by atoms with Gasteiger partial charge in [-0.1, -0.05) is 44.9 Å². The minimum atomic E-state index is -1.16. The summed E-state index contributed by atoms with van der Waals surface area (Å²) in [5.74, 6) is 0.200. The van der Waals surface area contributed by atoms with Crippen LogP contribution in [0.15, 0.2) is 24.3 Å². The molecule has 0 aromatic carbocycles. The molecule has 7 nitrogen and oxygen atoms in total. The SMILES string of the molecule is C=CC1(C)CCC2(C)C(CC=C3C2CCCC3(C)COC2OC(COC(C)=O)C(OC(C)=O)C2O)C1. The molecule has 2 saturated carbocycles. The van der Waals surface area contributed by atoms with Crippen LogP contribution < -0.4 is 0 Å². The highest BCUT2D eigenvalue weighted by Gasteiger charge is 2.54. The van der Waals surface area contributed by atoms with Crippen molar-refractivity contribution in [3.63, 3.8) is 0 Å². The van der Waals surface area contributed by atoms with Crippen LogP contribution in [0.2, 0.25) is 0 Å². The van der Waals surface area contributed by atoms with Gasteiger partial charge in [-0.3, -0.25) is 9.59 Å². The molecule has 0 spiro atoms. The van der Waals surface area contributed by atoms with E-state index in [1.165, 1.54) is 45.1 Å². The smallest absolute Gasteiger partial charge is 0.303 e. The third-order valence-corrected chi connectivity index (χ3v) is 9.69. The first-order valence-electron chi connectivity index (χ1n) is 13.5. The number of carbonyl (C=O) groups excluding carboxylic acids is 2. The van der Waals surface area contributed by atoms with Crippen molar-refractivity contribution in [1.29, 1.82) is 0 Å². The number of fused-ring (bicyclic) bond motifs is 3. The van der Waals surface area contributed by atoms with Gasteiger partial charge < -0.3 is 24.1 Å². The number of ether oxygens (including phenoxy) is 4. The lowest BCUT2D eigenvalue weighted by Crippen LogP contribution is -2.50. The van der Waals surface area contributed by atoms with Crippen LogP contribution in [-0.4, -0.2) is 54.9 Å². The number of allylic oxidation sites excluding steroid dienone is 2. The van der Waals surface area contributed by atoms with Crippen molar-refractivity contribution in [2.45, 2.75) is 104 Å². The quantitative estimate of drug-likeness (QED) is 0.396. The number of esters is 2. The van der Waals surface area contributed by atoms with Crippen molar-refractivity contribution in [2.24, 2.45) is 28.1 Å². The van der Waals surface area contributed by atoms with Crippen LogP contribution >= 0.6 is 0 Å². The number of hydrogen-bond donors (Lipinski definition) is 1. The van der Waals surface area contributed by atoms with Crippen molar-refractivity contribution in [3.8, 4) is 0 Å². The fourth-order valence-corrected chi connectivity index (χ4v) is 7.35. The summed E-state index contributed by atoms with van der Waals surface area (Å²) in [6.45, 7) is 14.1. The average Bonchev–Trinajstić information content (AvgIpc) is 3.11. The van der Waals surface area contributed by atoms with Gasteiger partial charge in [-0.25, -0.2) is 0 Å². The van der Waals surface area contributed by atoms with Crippen LogP contribution in [0.1, 0.15) is 79.6 Å². The highest BCUT2D eigenvalue weighted by atomic mass is 16.7.